The topological polar surface area (TPSA) is 32.3 Å². The summed E-state index contributed by atoms with van der Waals surface area (Å²) in [5, 5.41) is 3.89. The average Bonchev–Trinajstić information content (AvgIpc) is 2.45. The first-order valence-corrected chi connectivity index (χ1v) is 7.73. The quantitative estimate of drug-likeness (QED) is 0.899. The highest BCUT2D eigenvalue weighted by molar-refractivity contribution is 6.30. The van der Waals surface area contributed by atoms with Crippen LogP contribution in [0.2, 0.25) is 5.02 Å². The predicted molar refractivity (Wildman–Crippen MR) is 90.3 cm³/mol. The van der Waals surface area contributed by atoms with Crippen molar-refractivity contribution in [3.8, 4) is 0 Å². The van der Waals surface area contributed by atoms with Gasteiger partial charge in [-0.2, -0.15) is 0 Å². The summed E-state index contributed by atoms with van der Waals surface area (Å²) < 4.78 is 0. The number of halogens is 2. The number of benzene rings is 1. The van der Waals surface area contributed by atoms with Gasteiger partial charge in [0.1, 0.15) is 0 Å². The molecule has 1 N–H and O–H groups in total. The summed E-state index contributed by atoms with van der Waals surface area (Å²) in [7, 11) is 1.99. The summed E-state index contributed by atoms with van der Waals surface area (Å²) >= 11 is 5.95. The van der Waals surface area contributed by atoms with E-state index in [0.29, 0.717) is 11.4 Å². The van der Waals surface area contributed by atoms with E-state index in [1.165, 1.54) is 6.42 Å². The molecule has 0 bridgehead atoms. The van der Waals surface area contributed by atoms with Crippen molar-refractivity contribution in [3.05, 3.63) is 34.9 Å². The van der Waals surface area contributed by atoms with Gasteiger partial charge in [-0.25, -0.2) is 0 Å². The van der Waals surface area contributed by atoms with E-state index in [4.69, 9.17) is 11.6 Å². The van der Waals surface area contributed by atoms with Crippen molar-refractivity contribution < 1.29 is 4.79 Å². The molecule has 0 radical (unpaired) electrons. The van der Waals surface area contributed by atoms with Crippen molar-refractivity contribution in [2.45, 2.75) is 25.7 Å². The van der Waals surface area contributed by atoms with Gasteiger partial charge in [0.25, 0.3) is 0 Å². The standard InChI is InChI=1S/C16H23ClN2O.ClH/c1-18-8-5-13-6-9-19(10-7-13)16(20)12-14-3-2-4-15(17)11-14;/h2-4,11,13,18H,5-10,12H2,1H3;1H. The molecule has 0 atom stereocenters. The fraction of sp³-hybridized carbons (Fsp3) is 0.562. The zero-order valence-corrected chi connectivity index (χ0v) is 14.1. The third-order valence-electron chi connectivity index (χ3n) is 4.01. The summed E-state index contributed by atoms with van der Waals surface area (Å²) in [5.41, 5.74) is 1.000. The van der Waals surface area contributed by atoms with Crippen molar-refractivity contribution in [2.24, 2.45) is 5.92 Å². The number of amides is 1. The van der Waals surface area contributed by atoms with Crippen LogP contribution in [0.3, 0.4) is 0 Å². The maximum atomic E-state index is 12.3. The minimum atomic E-state index is 0. The number of hydrogen-bond acceptors (Lipinski definition) is 2. The van der Waals surface area contributed by atoms with E-state index in [2.05, 4.69) is 5.32 Å². The summed E-state index contributed by atoms with van der Waals surface area (Å²) in [4.78, 5) is 14.3. The van der Waals surface area contributed by atoms with Gasteiger partial charge in [0.2, 0.25) is 5.91 Å². The molecular formula is C16H24Cl2N2O. The molecule has 1 amide bonds. The lowest BCUT2D eigenvalue weighted by Gasteiger charge is -2.32. The lowest BCUT2D eigenvalue weighted by atomic mass is 9.93. The molecule has 1 aromatic rings. The summed E-state index contributed by atoms with van der Waals surface area (Å²) in [6.07, 6.45) is 3.93. The Balaban J connectivity index is 0.00000220. The van der Waals surface area contributed by atoms with Crippen molar-refractivity contribution in [1.82, 2.24) is 10.2 Å². The second-order valence-corrected chi connectivity index (χ2v) is 5.96. The van der Waals surface area contributed by atoms with Crippen molar-refractivity contribution in [1.29, 1.82) is 0 Å². The van der Waals surface area contributed by atoms with E-state index in [1.807, 2.05) is 36.2 Å². The number of likely N-dealkylation sites (tertiary alicyclic amines) is 1. The van der Waals surface area contributed by atoms with E-state index in [-0.39, 0.29) is 18.3 Å². The van der Waals surface area contributed by atoms with E-state index in [1.54, 1.807) is 0 Å². The first-order valence-electron chi connectivity index (χ1n) is 7.36. The zero-order chi connectivity index (χ0) is 14.4. The van der Waals surface area contributed by atoms with Crippen LogP contribution in [0, 0.1) is 5.92 Å². The van der Waals surface area contributed by atoms with Gasteiger partial charge in [-0.15, -0.1) is 12.4 Å². The number of carbonyl (C=O) groups excluding carboxylic acids is 1. The first kappa shape index (κ1) is 18.3. The fourth-order valence-electron chi connectivity index (χ4n) is 2.75. The Morgan fingerprint density at radius 1 is 1.38 bits per heavy atom. The Morgan fingerprint density at radius 3 is 2.71 bits per heavy atom. The highest BCUT2D eigenvalue weighted by Crippen LogP contribution is 2.21. The van der Waals surface area contributed by atoms with Crippen LogP contribution < -0.4 is 5.32 Å². The van der Waals surface area contributed by atoms with Gasteiger partial charge in [-0.3, -0.25) is 4.79 Å². The summed E-state index contributed by atoms with van der Waals surface area (Å²) in [6.45, 7) is 2.86. The minimum Gasteiger partial charge on any atom is -0.342 e. The number of nitrogens with zero attached hydrogens (tertiary/aromatic N) is 1. The molecule has 1 fully saturated rings. The molecule has 3 nitrogen and oxygen atoms in total. The molecule has 1 aliphatic heterocycles. The SMILES string of the molecule is CNCCC1CCN(C(=O)Cc2cccc(Cl)c2)CC1.Cl. The zero-order valence-electron chi connectivity index (χ0n) is 12.5. The van der Waals surface area contributed by atoms with Crippen LogP contribution in [0.25, 0.3) is 0 Å². The monoisotopic (exact) mass is 330 g/mol. The van der Waals surface area contributed by atoms with Crippen LogP contribution in [0.1, 0.15) is 24.8 Å². The van der Waals surface area contributed by atoms with Gasteiger partial charge in [0.05, 0.1) is 6.42 Å². The molecule has 1 heterocycles. The Hall–Kier alpha value is -0.770. The molecule has 21 heavy (non-hydrogen) atoms. The predicted octanol–water partition coefficient (Wildman–Crippen LogP) is 3.15. The van der Waals surface area contributed by atoms with Crippen molar-refractivity contribution in [3.63, 3.8) is 0 Å². The molecule has 118 valence electrons. The number of carbonyl (C=O) groups is 1. The number of hydrogen-bond donors (Lipinski definition) is 1. The van der Waals surface area contributed by atoms with Crippen LogP contribution in [-0.2, 0) is 11.2 Å². The Bertz CT molecular complexity index is 446. The molecular weight excluding hydrogens is 307 g/mol. The molecule has 1 saturated heterocycles. The number of piperidine rings is 1. The Labute approximate surface area is 138 Å². The van der Waals surface area contributed by atoms with Gasteiger partial charge >= 0.3 is 0 Å². The molecule has 2 rings (SSSR count). The number of rotatable bonds is 5. The van der Waals surface area contributed by atoms with E-state index < -0.39 is 0 Å². The smallest absolute Gasteiger partial charge is 0.226 e. The van der Waals surface area contributed by atoms with E-state index >= 15 is 0 Å². The maximum Gasteiger partial charge on any atom is 0.226 e. The van der Waals surface area contributed by atoms with Gasteiger partial charge in [0, 0.05) is 18.1 Å². The van der Waals surface area contributed by atoms with Crippen LogP contribution in [0.5, 0.6) is 0 Å². The largest absolute Gasteiger partial charge is 0.342 e. The van der Waals surface area contributed by atoms with Gasteiger partial charge in [-0.05, 0) is 56.5 Å². The normalized spacial score (nSPS) is 15.6. The van der Waals surface area contributed by atoms with Crippen LogP contribution in [-0.4, -0.2) is 37.5 Å². The Kier molecular flexibility index (Phi) is 8.09. The lowest BCUT2D eigenvalue weighted by molar-refractivity contribution is -0.131. The molecule has 0 aromatic heterocycles. The molecule has 1 aliphatic rings. The first-order chi connectivity index (χ1) is 9.69. The van der Waals surface area contributed by atoms with E-state index in [0.717, 1.165) is 44.0 Å². The molecule has 0 aliphatic carbocycles. The van der Waals surface area contributed by atoms with Crippen molar-refractivity contribution >= 4 is 29.9 Å². The molecule has 0 spiro atoms. The van der Waals surface area contributed by atoms with Gasteiger partial charge in [0.15, 0.2) is 0 Å². The van der Waals surface area contributed by atoms with Crippen LogP contribution in [0.4, 0.5) is 0 Å². The van der Waals surface area contributed by atoms with Gasteiger partial charge in [-0.1, -0.05) is 23.7 Å². The maximum absolute atomic E-state index is 12.3. The average molecular weight is 331 g/mol. The third-order valence-corrected chi connectivity index (χ3v) is 4.25. The van der Waals surface area contributed by atoms with E-state index in [9.17, 15) is 4.79 Å². The second-order valence-electron chi connectivity index (χ2n) is 5.52. The van der Waals surface area contributed by atoms with Crippen molar-refractivity contribution in [2.75, 3.05) is 26.7 Å². The highest BCUT2D eigenvalue weighted by atomic mass is 35.5. The summed E-state index contributed by atoms with van der Waals surface area (Å²) in [6, 6.07) is 7.57. The fourth-order valence-corrected chi connectivity index (χ4v) is 2.97. The number of nitrogens with one attached hydrogen (secondary N) is 1. The third kappa shape index (κ3) is 5.85. The Morgan fingerprint density at radius 2 is 2.10 bits per heavy atom. The van der Waals surface area contributed by atoms with Crippen LogP contribution >= 0.6 is 24.0 Å². The minimum absolute atomic E-state index is 0. The lowest BCUT2D eigenvalue weighted by Crippen LogP contribution is -2.39. The molecule has 0 saturated carbocycles. The van der Waals surface area contributed by atoms with Gasteiger partial charge < -0.3 is 10.2 Å². The summed E-state index contributed by atoms with van der Waals surface area (Å²) in [5.74, 6) is 0.983. The molecule has 0 unspecified atom stereocenters. The van der Waals surface area contributed by atoms with Crippen LogP contribution in [0.15, 0.2) is 24.3 Å². The molecule has 5 heteroatoms. The molecule has 1 aromatic carbocycles. The second kappa shape index (κ2) is 9.29. The highest BCUT2D eigenvalue weighted by Gasteiger charge is 2.22.